The fourth-order valence-corrected chi connectivity index (χ4v) is 1.30. The minimum absolute atomic E-state index is 0.170. The first-order valence-electron chi connectivity index (χ1n) is 6.40. The van der Waals surface area contributed by atoms with E-state index in [0.29, 0.717) is 25.3 Å². The summed E-state index contributed by atoms with van der Waals surface area (Å²) in [7, 11) is 0. The molecule has 0 unspecified atom stereocenters. The third-order valence-electron chi connectivity index (χ3n) is 2.30. The zero-order valence-electron chi connectivity index (χ0n) is 11.7. The summed E-state index contributed by atoms with van der Waals surface area (Å²) in [4.78, 5) is 33.6. The van der Waals surface area contributed by atoms with E-state index in [-0.39, 0.29) is 12.5 Å². The summed E-state index contributed by atoms with van der Waals surface area (Å²) in [6.45, 7) is 6.12. The van der Waals surface area contributed by atoms with E-state index in [1.54, 1.807) is 0 Å². The van der Waals surface area contributed by atoms with Crippen LogP contribution in [0.15, 0.2) is 0 Å². The lowest BCUT2D eigenvalue weighted by Gasteiger charge is -2.14. The van der Waals surface area contributed by atoms with E-state index >= 15 is 0 Å². The van der Waals surface area contributed by atoms with Crippen LogP contribution in [0.5, 0.6) is 0 Å². The van der Waals surface area contributed by atoms with Crippen molar-refractivity contribution in [1.82, 2.24) is 16.0 Å². The van der Waals surface area contributed by atoms with Crippen LogP contribution in [0, 0.1) is 5.92 Å². The molecular weight excluding hydrogens is 250 g/mol. The van der Waals surface area contributed by atoms with E-state index in [0.717, 1.165) is 0 Å². The number of carboxylic acids is 1. The fourth-order valence-electron chi connectivity index (χ4n) is 1.30. The highest BCUT2D eigenvalue weighted by Crippen LogP contribution is 1.96. The molecule has 0 aromatic rings. The van der Waals surface area contributed by atoms with E-state index in [2.05, 4.69) is 16.0 Å². The van der Waals surface area contributed by atoms with Gasteiger partial charge in [0.15, 0.2) is 0 Å². The van der Waals surface area contributed by atoms with Gasteiger partial charge in [0.2, 0.25) is 5.91 Å². The molecule has 1 atom stereocenters. The Morgan fingerprint density at radius 2 is 1.79 bits per heavy atom. The molecule has 0 radical (unpaired) electrons. The van der Waals surface area contributed by atoms with Crippen molar-refractivity contribution in [3.63, 3.8) is 0 Å². The molecule has 7 nitrogen and oxygen atoms in total. The Labute approximate surface area is 113 Å². The van der Waals surface area contributed by atoms with E-state index < -0.39 is 18.0 Å². The van der Waals surface area contributed by atoms with Gasteiger partial charge in [0, 0.05) is 6.54 Å². The minimum atomic E-state index is -1.08. The average Bonchev–Trinajstić information content (AvgIpc) is 2.33. The monoisotopic (exact) mass is 273 g/mol. The molecule has 0 aliphatic carbocycles. The molecule has 0 saturated carbocycles. The third-order valence-corrected chi connectivity index (χ3v) is 2.30. The predicted octanol–water partition coefficient (Wildman–Crippen LogP) is 0.311. The van der Waals surface area contributed by atoms with Crippen LogP contribution in [-0.2, 0) is 9.59 Å². The molecule has 7 heteroatoms. The third kappa shape index (κ3) is 8.87. The highest BCUT2D eigenvalue weighted by Gasteiger charge is 2.18. The summed E-state index contributed by atoms with van der Waals surface area (Å²) >= 11 is 0. The average molecular weight is 273 g/mol. The van der Waals surface area contributed by atoms with Gasteiger partial charge in [0.1, 0.15) is 6.04 Å². The van der Waals surface area contributed by atoms with Gasteiger partial charge in [-0.25, -0.2) is 9.59 Å². The Bertz CT molecular complexity index is 318. The van der Waals surface area contributed by atoms with Crippen molar-refractivity contribution in [3.8, 4) is 0 Å². The Morgan fingerprint density at radius 1 is 1.16 bits per heavy atom. The molecule has 0 spiro atoms. The highest BCUT2D eigenvalue weighted by molar-refractivity contribution is 5.86. The zero-order valence-corrected chi connectivity index (χ0v) is 11.7. The molecule has 0 aliphatic heterocycles. The van der Waals surface area contributed by atoms with Crippen LogP contribution in [0.3, 0.4) is 0 Å². The number of urea groups is 1. The number of nitrogens with one attached hydrogen (secondary N) is 3. The first-order chi connectivity index (χ1) is 8.86. The molecule has 0 aromatic carbocycles. The Kier molecular flexibility index (Phi) is 8.32. The number of aliphatic carboxylic acids is 1. The van der Waals surface area contributed by atoms with Gasteiger partial charge in [-0.15, -0.1) is 0 Å². The topological polar surface area (TPSA) is 108 Å². The zero-order chi connectivity index (χ0) is 14.8. The maximum Gasteiger partial charge on any atom is 0.326 e. The molecule has 0 aromatic heterocycles. The summed E-state index contributed by atoms with van der Waals surface area (Å²) in [5.74, 6) is -1.05. The maximum absolute atomic E-state index is 11.4. The standard InChI is InChI=1S/C12H23N3O4/c1-4-5-9(11(17)18)15-12(19)14-7-10(16)13-6-8(2)3/h8-9H,4-7H2,1-3H3,(H,13,16)(H,17,18)(H2,14,15,19)/t9-/m0/s1. The molecule has 0 heterocycles. The van der Waals surface area contributed by atoms with Crippen molar-refractivity contribution in [1.29, 1.82) is 0 Å². The normalized spacial score (nSPS) is 11.8. The number of carboxylic acid groups (broad SMARTS) is 1. The van der Waals surface area contributed by atoms with Crippen LogP contribution in [0.2, 0.25) is 0 Å². The Balaban J connectivity index is 3.96. The van der Waals surface area contributed by atoms with Crippen molar-refractivity contribution in [2.45, 2.75) is 39.7 Å². The molecule has 0 saturated heterocycles. The van der Waals surface area contributed by atoms with Gasteiger partial charge in [-0.1, -0.05) is 27.2 Å². The minimum Gasteiger partial charge on any atom is -0.480 e. The summed E-state index contributed by atoms with van der Waals surface area (Å²) in [6, 6.07) is -1.58. The largest absolute Gasteiger partial charge is 0.480 e. The SMILES string of the molecule is CCC[C@H](NC(=O)NCC(=O)NCC(C)C)C(=O)O. The first kappa shape index (κ1) is 17.2. The van der Waals surface area contributed by atoms with Crippen LogP contribution >= 0.6 is 0 Å². The van der Waals surface area contributed by atoms with Crippen LogP contribution < -0.4 is 16.0 Å². The van der Waals surface area contributed by atoms with Gasteiger partial charge >= 0.3 is 12.0 Å². The van der Waals surface area contributed by atoms with Gasteiger partial charge in [-0.05, 0) is 12.3 Å². The van der Waals surface area contributed by atoms with E-state index in [1.807, 2.05) is 20.8 Å². The fraction of sp³-hybridized carbons (Fsp3) is 0.750. The Hall–Kier alpha value is -1.79. The van der Waals surface area contributed by atoms with Crippen molar-refractivity contribution >= 4 is 17.9 Å². The molecule has 3 amide bonds. The molecule has 0 aliphatic rings. The van der Waals surface area contributed by atoms with E-state index in [1.165, 1.54) is 0 Å². The van der Waals surface area contributed by atoms with Crippen molar-refractivity contribution < 1.29 is 19.5 Å². The van der Waals surface area contributed by atoms with Crippen LogP contribution in [0.25, 0.3) is 0 Å². The van der Waals surface area contributed by atoms with Crippen molar-refractivity contribution in [3.05, 3.63) is 0 Å². The second-order valence-corrected chi connectivity index (χ2v) is 4.70. The number of hydrogen-bond acceptors (Lipinski definition) is 3. The van der Waals surface area contributed by atoms with Gasteiger partial charge in [0.05, 0.1) is 6.54 Å². The quantitative estimate of drug-likeness (QED) is 0.510. The number of rotatable bonds is 8. The Morgan fingerprint density at radius 3 is 2.26 bits per heavy atom. The van der Waals surface area contributed by atoms with E-state index in [4.69, 9.17) is 5.11 Å². The molecule has 0 rings (SSSR count). The second kappa shape index (κ2) is 9.18. The smallest absolute Gasteiger partial charge is 0.326 e. The molecule has 4 N–H and O–H groups in total. The van der Waals surface area contributed by atoms with Crippen LogP contribution in [0.4, 0.5) is 4.79 Å². The molecule has 0 bridgehead atoms. The highest BCUT2D eigenvalue weighted by atomic mass is 16.4. The summed E-state index contributed by atoms with van der Waals surface area (Å²) in [5, 5.41) is 16.1. The van der Waals surface area contributed by atoms with E-state index in [9.17, 15) is 14.4 Å². The summed E-state index contributed by atoms with van der Waals surface area (Å²) in [6.07, 6.45) is 0.994. The molecule has 0 fully saturated rings. The van der Waals surface area contributed by atoms with Gasteiger partial charge in [-0.3, -0.25) is 4.79 Å². The lowest BCUT2D eigenvalue weighted by Crippen LogP contribution is -2.48. The van der Waals surface area contributed by atoms with Gasteiger partial charge in [-0.2, -0.15) is 0 Å². The van der Waals surface area contributed by atoms with Crippen molar-refractivity contribution in [2.75, 3.05) is 13.1 Å². The number of amides is 3. The second-order valence-electron chi connectivity index (χ2n) is 4.70. The van der Waals surface area contributed by atoms with Crippen molar-refractivity contribution in [2.24, 2.45) is 5.92 Å². The lowest BCUT2D eigenvalue weighted by molar-refractivity contribution is -0.139. The summed E-state index contributed by atoms with van der Waals surface area (Å²) in [5.41, 5.74) is 0. The summed E-state index contributed by atoms with van der Waals surface area (Å²) < 4.78 is 0. The number of carbonyl (C=O) groups excluding carboxylic acids is 2. The molecular formula is C12H23N3O4. The van der Waals surface area contributed by atoms with Crippen LogP contribution in [0.1, 0.15) is 33.6 Å². The van der Waals surface area contributed by atoms with Gasteiger partial charge < -0.3 is 21.1 Å². The predicted molar refractivity (Wildman–Crippen MR) is 70.7 cm³/mol. The number of hydrogen-bond donors (Lipinski definition) is 4. The molecule has 110 valence electrons. The maximum atomic E-state index is 11.4. The first-order valence-corrected chi connectivity index (χ1v) is 6.40. The lowest BCUT2D eigenvalue weighted by atomic mass is 10.2. The molecule has 19 heavy (non-hydrogen) atoms. The number of carbonyl (C=O) groups is 3. The van der Waals surface area contributed by atoms with Crippen LogP contribution in [-0.4, -0.2) is 42.1 Å². The van der Waals surface area contributed by atoms with Gasteiger partial charge in [0.25, 0.3) is 0 Å².